The van der Waals surface area contributed by atoms with Gasteiger partial charge in [-0.15, -0.1) is 11.8 Å². The minimum Gasteiger partial charge on any atom is -0.497 e. The molecule has 40 heavy (non-hydrogen) atoms. The second-order valence-electron chi connectivity index (χ2n) is 8.85. The molecule has 12 nitrogen and oxygen atoms in total. The monoisotopic (exact) mass is 569 g/mol. The topological polar surface area (TPSA) is 161 Å². The highest BCUT2D eigenvalue weighted by Gasteiger charge is 2.54. The molecule has 2 unspecified atom stereocenters. The molecule has 3 atom stereocenters. The van der Waals surface area contributed by atoms with Crippen LogP contribution in [0.5, 0.6) is 5.75 Å². The zero-order valence-electron chi connectivity index (χ0n) is 21.6. The maximum Gasteiger partial charge on any atom is 0.408 e. The van der Waals surface area contributed by atoms with Crippen LogP contribution in [0.25, 0.3) is 0 Å². The Balaban J connectivity index is 1.44. The number of methoxy groups -OCH3 is 1. The number of ether oxygens (including phenoxy) is 3. The second kappa shape index (κ2) is 12.6. The predicted octanol–water partition coefficient (Wildman–Crippen LogP) is 1.96. The predicted molar refractivity (Wildman–Crippen MR) is 142 cm³/mol. The van der Waals surface area contributed by atoms with Crippen LogP contribution in [-0.2, 0) is 35.3 Å². The molecule has 4 rings (SSSR count). The molecule has 2 aromatic carbocycles. The van der Waals surface area contributed by atoms with Gasteiger partial charge in [0.1, 0.15) is 42.1 Å². The molecule has 210 valence electrons. The van der Waals surface area contributed by atoms with E-state index in [9.17, 15) is 29.1 Å². The number of nitrogens with one attached hydrogen (secondary N) is 2. The summed E-state index contributed by atoms with van der Waals surface area (Å²) >= 11 is 1.23. The zero-order chi connectivity index (χ0) is 28.8. The number of alkyl carbamates (subject to hydrolysis) is 1. The Labute approximate surface area is 233 Å². The average Bonchev–Trinajstić information content (AvgIpc) is 2.96. The number of fused-ring (bicyclic) bond motifs is 1. The Morgan fingerprint density at radius 1 is 1.05 bits per heavy atom. The van der Waals surface area contributed by atoms with E-state index in [4.69, 9.17) is 14.2 Å². The molecule has 0 bridgehead atoms. The van der Waals surface area contributed by atoms with Crippen molar-refractivity contribution in [1.82, 2.24) is 15.5 Å². The van der Waals surface area contributed by atoms with Gasteiger partial charge in [0.2, 0.25) is 5.91 Å². The first kappa shape index (κ1) is 28.5. The number of carboxylic acid groups (broad SMARTS) is 1. The van der Waals surface area contributed by atoms with Crippen molar-refractivity contribution in [3.63, 3.8) is 0 Å². The molecule has 2 aliphatic rings. The van der Waals surface area contributed by atoms with E-state index in [1.807, 2.05) is 0 Å². The van der Waals surface area contributed by atoms with Crippen molar-refractivity contribution in [1.29, 1.82) is 0 Å². The summed E-state index contributed by atoms with van der Waals surface area (Å²) in [6, 6.07) is 13.1. The van der Waals surface area contributed by atoms with Crippen LogP contribution >= 0.6 is 11.8 Å². The zero-order valence-corrected chi connectivity index (χ0v) is 22.4. The van der Waals surface area contributed by atoms with E-state index in [1.54, 1.807) is 61.7 Å². The summed E-state index contributed by atoms with van der Waals surface area (Å²) in [6.07, 6.45) is -0.848. The lowest BCUT2D eigenvalue weighted by Crippen LogP contribution is -2.71. The SMILES string of the molecule is COc1ccc(COC(=O)NC(C(=O)N[C@H]2C(=O)N3C(C(=O)O)=C(COC(C)=O)CSC23)c2ccccc2)cc1. The van der Waals surface area contributed by atoms with Crippen molar-refractivity contribution in [3.8, 4) is 5.75 Å². The minimum atomic E-state index is -1.34. The van der Waals surface area contributed by atoms with Crippen molar-refractivity contribution in [2.24, 2.45) is 0 Å². The van der Waals surface area contributed by atoms with Gasteiger partial charge in [-0.05, 0) is 23.3 Å². The molecule has 2 heterocycles. The molecule has 0 spiro atoms. The van der Waals surface area contributed by atoms with Crippen LogP contribution in [-0.4, -0.2) is 70.7 Å². The van der Waals surface area contributed by atoms with Crippen LogP contribution < -0.4 is 15.4 Å². The summed E-state index contributed by atoms with van der Waals surface area (Å²) in [7, 11) is 1.54. The maximum atomic E-state index is 13.3. The van der Waals surface area contributed by atoms with E-state index >= 15 is 0 Å². The summed E-state index contributed by atoms with van der Waals surface area (Å²) in [5, 5.41) is 14.2. The Kier molecular flexibility index (Phi) is 8.94. The highest BCUT2D eigenvalue weighted by Crippen LogP contribution is 2.40. The first-order valence-electron chi connectivity index (χ1n) is 12.1. The number of thioether (sulfide) groups is 1. The fourth-order valence-electron chi connectivity index (χ4n) is 4.20. The van der Waals surface area contributed by atoms with Gasteiger partial charge in [0.05, 0.1) is 7.11 Å². The summed E-state index contributed by atoms with van der Waals surface area (Å²) in [6.45, 7) is 0.899. The molecule has 1 saturated heterocycles. The minimum absolute atomic E-state index is 0.0479. The summed E-state index contributed by atoms with van der Waals surface area (Å²) in [4.78, 5) is 63.1. The highest BCUT2D eigenvalue weighted by molar-refractivity contribution is 8.00. The first-order chi connectivity index (χ1) is 19.2. The van der Waals surface area contributed by atoms with Gasteiger partial charge in [0, 0.05) is 18.2 Å². The van der Waals surface area contributed by atoms with E-state index in [0.717, 1.165) is 4.90 Å². The van der Waals surface area contributed by atoms with Gasteiger partial charge < -0.3 is 30.0 Å². The summed E-state index contributed by atoms with van der Waals surface area (Å²) < 4.78 is 15.3. The Hall–Kier alpha value is -4.52. The Bertz CT molecular complexity index is 1330. The number of hydrogen-bond acceptors (Lipinski definition) is 9. The van der Waals surface area contributed by atoms with Crippen LogP contribution in [0.3, 0.4) is 0 Å². The van der Waals surface area contributed by atoms with Crippen molar-refractivity contribution >= 4 is 41.6 Å². The number of carbonyl (C=O) groups is 5. The molecule has 3 N–H and O–H groups in total. The van der Waals surface area contributed by atoms with Gasteiger partial charge in [-0.1, -0.05) is 42.5 Å². The van der Waals surface area contributed by atoms with E-state index < -0.39 is 47.3 Å². The van der Waals surface area contributed by atoms with E-state index in [-0.39, 0.29) is 30.2 Å². The molecule has 0 radical (unpaired) electrons. The molecule has 2 aliphatic heterocycles. The lowest BCUT2D eigenvalue weighted by Gasteiger charge is -2.49. The van der Waals surface area contributed by atoms with Crippen molar-refractivity contribution in [2.75, 3.05) is 19.5 Å². The number of β-lactam (4-membered cyclic amide) rings is 1. The molecule has 2 aromatic rings. The highest BCUT2D eigenvalue weighted by atomic mass is 32.2. The standard InChI is InChI=1S/C27H27N3O9S/c1-15(31)38-13-18-14-40-25-21(24(33)30(25)22(18)26(34)35)28-23(32)20(17-6-4-3-5-7-17)29-27(36)39-12-16-8-10-19(37-2)11-9-16/h3-11,20-21,25H,12-14H2,1-2H3,(H,28,32)(H,29,36)(H,34,35)/t20?,21-,25?/m0/s1. The number of benzene rings is 2. The number of aliphatic carboxylic acids is 1. The fraction of sp³-hybridized carbons (Fsp3) is 0.296. The van der Waals surface area contributed by atoms with Crippen LogP contribution in [0.1, 0.15) is 24.1 Å². The molecule has 0 aromatic heterocycles. The van der Waals surface area contributed by atoms with Gasteiger partial charge >= 0.3 is 18.0 Å². The maximum absolute atomic E-state index is 13.3. The van der Waals surface area contributed by atoms with E-state index in [0.29, 0.717) is 16.9 Å². The molecule has 0 saturated carbocycles. The van der Waals surface area contributed by atoms with Gasteiger partial charge in [-0.25, -0.2) is 9.59 Å². The molecular formula is C27H27N3O9S. The molecule has 0 aliphatic carbocycles. The summed E-state index contributed by atoms with van der Waals surface area (Å²) in [5.74, 6) is -2.37. The van der Waals surface area contributed by atoms with Crippen molar-refractivity contribution < 1.29 is 43.3 Å². The smallest absolute Gasteiger partial charge is 0.408 e. The lowest BCUT2D eigenvalue weighted by atomic mass is 10.0. The van der Waals surface area contributed by atoms with Gasteiger partial charge in [-0.2, -0.15) is 0 Å². The Morgan fingerprint density at radius 3 is 2.38 bits per heavy atom. The van der Waals surface area contributed by atoms with Gasteiger partial charge in [0.15, 0.2) is 0 Å². The average molecular weight is 570 g/mol. The van der Waals surface area contributed by atoms with Crippen LogP contribution in [0.2, 0.25) is 0 Å². The third-order valence-corrected chi connectivity index (χ3v) is 7.52. The van der Waals surface area contributed by atoms with Crippen LogP contribution in [0.4, 0.5) is 4.79 Å². The third-order valence-electron chi connectivity index (χ3n) is 6.18. The van der Waals surface area contributed by atoms with Gasteiger partial charge in [-0.3, -0.25) is 19.3 Å². The van der Waals surface area contributed by atoms with E-state index in [1.165, 1.54) is 18.7 Å². The largest absolute Gasteiger partial charge is 0.497 e. The normalized spacial score (nSPS) is 18.6. The number of nitrogens with zero attached hydrogens (tertiary/aromatic N) is 1. The number of rotatable bonds is 10. The molecular weight excluding hydrogens is 542 g/mol. The van der Waals surface area contributed by atoms with Crippen LogP contribution in [0, 0.1) is 0 Å². The van der Waals surface area contributed by atoms with Crippen LogP contribution in [0.15, 0.2) is 65.9 Å². The lowest BCUT2D eigenvalue weighted by molar-refractivity contribution is -0.151. The van der Waals surface area contributed by atoms with Crippen molar-refractivity contribution in [3.05, 3.63) is 77.0 Å². The molecule has 13 heteroatoms. The second-order valence-corrected chi connectivity index (χ2v) is 9.95. The number of hydrogen-bond donors (Lipinski definition) is 3. The molecule has 1 fully saturated rings. The molecule has 3 amide bonds. The quantitative estimate of drug-likeness (QED) is 0.285. The number of amides is 3. The number of esters is 1. The Morgan fingerprint density at radius 2 is 1.75 bits per heavy atom. The number of carbonyl (C=O) groups excluding carboxylic acids is 4. The van der Waals surface area contributed by atoms with Gasteiger partial charge in [0.25, 0.3) is 5.91 Å². The van der Waals surface area contributed by atoms with Crippen molar-refractivity contribution in [2.45, 2.75) is 31.0 Å². The third kappa shape index (κ3) is 6.37. The summed E-state index contributed by atoms with van der Waals surface area (Å²) in [5.41, 5.74) is 1.18. The van der Waals surface area contributed by atoms with E-state index in [2.05, 4.69) is 10.6 Å². The fourth-order valence-corrected chi connectivity index (χ4v) is 5.52. The first-order valence-corrected chi connectivity index (χ1v) is 13.2. The number of carboxylic acids is 1.